The molecule has 3 N–H and O–H groups in total. The summed E-state index contributed by atoms with van der Waals surface area (Å²) >= 11 is 0. The lowest BCUT2D eigenvalue weighted by molar-refractivity contribution is 0.0958. The molecule has 1 saturated carbocycles. The molecule has 0 aliphatic heterocycles. The normalized spacial score (nSPS) is 13.6. The summed E-state index contributed by atoms with van der Waals surface area (Å²) in [6, 6.07) is 13.1. The number of benzene rings is 2. The molecule has 1 aliphatic rings. The zero-order valence-corrected chi connectivity index (χ0v) is 18.5. The van der Waals surface area contributed by atoms with Gasteiger partial charge in [-0.05, 0) is 63.1 Å². The molecule has 168 valence electrons. The van der Waals surface area contributed by atoms with Crippen LogP contribution in [0.15, 0.2) is 57.9 Å². The molecule has 32 heavy (non-hydrogen) atoms. The van der Waals surface area contributed by atoms with Gasteiger partial charge >= 0.3 is 0 Å². The number of carbonyl (C=O) groups is 1. The molecule has 2 aromatic carbocycles. The number of anilines is 1. The highest BCUT2D eigenvalue weighted by molar-refractivity contribution is 7.89. The molecular formula is C22H24N4O5S. The van der Waals surface area contributed by atoms with E-state index in [-0.39, 0.29) is 17.5 Å². The lowest BCUT2D eigenvalue weighted by Gasteiger charge is -2.13. The van der Waals surface area contributed by atoms with Gasteiger partial charge in [0, 0.05) is 6.04 Å². The van der Waals surface area contributed by atoms with Crippen LogP contribution in [0.2, 0.25) is 0 Å². The third-order valence-corrected chi connectivity index (χ3v) is 6.61. The van der Waals surface area contributed by atoms with Crippen LogP contribution in [-0.2, 0) is 16.6 Å². The molecule has 1 heterocycles. The lowest BCUT2D eigenvalue weighted by atomic mass is 10.2. The molecule has 1 aliphatic carbocycles. The first-order chi connectivity index (χ1) is 15.3. The Hall–Kier alpha value is -3.37. The van der Waals surface area contributed by atoms with E-state index in [1.54, 1.807) is 43.3 Å². The number of nitrogens with one attached hydrogen (secondary N) is 3. The lowest BCUT2D eigenvalue weighted by Crippen LogP contribution is -2.30. The second kappa shape index (κ2) is 9.01. The first kappa shape index (κ1) is 21.8. The summed E-state index contributed by atoms with van der Waals surface area (Å²) in [4.78, 5) is 12.9. The first-order valence-electron chi connectivity index (χ1n) is 10.2. The van der Waals surface area contributed by atoms with Gasteiger partial charge in [0.05, 0.1) is 27.4 Å². The molecule has 0 atom stereocenters. The predicted molar refractivity (Wildman–Crippen MR) is 118 cm³/mol. The van der Waals surface area contributed by atoms with Gasteiger partial charge in [-0.3, -0.25) is 15.6 Å². The number of amides is 1. The van der Waals surface area contributed by atoms with Gasteiger partial charge in [0.1, 0.15) is 18.1 Å². The average Bonchev–Trinajstić information content (AvgIpc) is 3.53. The van der Waals surface area contributed by atoms with Crippen LogP contribution in [0, 0.1) is 13.8 Å². The summed E-state index contributed by atoms with van der Waals surface area (Å²) < 4.78 is 38.1. The minimum atomic E-state index is -3.52. The van der Waals surface area contributed by atoms with Gasteiger partial charge in [-0.25, -0.2) is 13.1 Å². The number of nitrogens with zero attached hydrogens (tertiary/aromatic N) is 1. The fraction of sp³-hybridized carbons (Fsp3) is 0.273. The second-order valence-electron chi connectivity index (χ2n) is 7.59. The van der Waals surface area contributed by atoms with Crippen LogP contribution in [-0.4, -0.2) is 25.5 Å². The zero-order valence-electron chi connectivity index (χ0n) is 17.7. The second-order valence-corrected chi connectivity index (χ2v) is 9.30. The summed E-state index contributed by atoms with van der Waals surface area (Å²) in [6.07, 6.45) is 1.74. The van der Waals surface area contributed by atoms with Crippen molar-refractivity contribution >= 4 is 21.6 Å². The summed E-state index contributed by atoms with van der Waals surface area (Å²) in [5.41, 5.74) is 7.87. The molecule has 0 bridgehead atoms. The topological polar surface area (TPSA) is 123 Å². The van der Waals surface area contributed by atoms with Gasteiger partial charge in [-0.2, -0.15) is 0 Å². The number of hydrogen-bond donors (Lipinski definition) is 3. The third kappa shape index (κ3) is 5.09. The monoisotopic (exact) mass is 456 g/mol. The summed E-state index contributed by atoms with van der Waals surface area (Å²) in [5, 5.41) is 3.90. The highest BCUT2D eigenvalue weighted by Crippen LogP contribution is 2.23. The number of rotatable bonds is 9. The van der Waals surface area contributed by atoms with Crippen LogP contribution < -0.4 is 20.3 Å². The molecule has 0 spiro atoms. The van der Waals surface area contributed by atoms with Crippen LogP contribution in [0.25, 0.3) is 0 Å². The number of para-hydroxylation sites is 1. The number of sulfonamides is 1. The Morgan fingerprint density at radius 3 is 2.50 bits per heavy atom. The van der Waals surface area contributed by atoms with Crippen LogP contribution in [0.3, 0.4) is 0 Å². The standard InChI is InChI=1S/C22H24N4O5S/c1-14-20(15(2)31-25-14)13-30-21-6-4-3-5-19(21)22(27)24-23-16-9-11-18(12-10-16)32(28,29)26-17-7-8-17/h3-6,9-12,17,23,26H,7-8,13H2,1-2H3,(H,24,27). The fourth-order valence-corrected chi connectivity index (χ4v) is 4.35. The van der Waals surface area contributed by atoms with Crippen molar-refractivity contribution in [3.63, 3.8) is 0 Å². The molecule has 4 rings (SSSR count). The number of carbonyl (C=O) groups excluding carboxylic acids is 1. The van der Waals surface area contributed by atoms with Crippen LogP contribution in [0.5, 0.6) is 5.75 Å². The maximum atomic E-state index is 12.7. The van der Waals surface area contributed by atoms with E-state index in [9.17, 15) is 13.2 Å². The molecule has 10 heteroatoms. The summed E-state index contributed by atoms with van der Waals surface area (Å²) in [5.74, 6) is 0.690. The van der Waals surface area contributed by atoms with Crippen molar-refractivity contribution in [1.82, 2.24) is 15.3 Å². The van der Waals surface area contributed by atoms with Gasteiger partial charge < -0.3 is 9.26 Å². The number of aryl methyl sites for hydroxylation is 2. The molecule has 0 unspecified atom stereocenters. The highest BCUT2D eigenvalue weighted by atomic mass is 32.2. The maximum Gasteiger partial charge on any atom is 0.273 e. The number of aromatic nitrogens is 1. The molecule has 1 amide bonds. The summed E-state index contributed by atoms with van der Waals surface area (Å²) in [7, 11) is -3.52. The van der Waals surface area contributed by atoms with E-state index in [1.807, 2.05) is 6.92 Å². The quantitative estimate of drug-likeness (QED) is 0.423. The van der Waals surface area contributed by atoms with E-state index >= 15 is 0 Å². The zero-order chi connectivity index (χ0) is 22.7. The minimum Gasteiger partial charge on any atom is -0.488 e. The van der Waals surface area contributed by atoms with Crippen LogP contribution in [0.1, 0.15) is 40.2 Å². The molecule has 1 aromatic heterocycles. The Bertz CT molecular complexity index is 1200. The van der Waals surface area contributed by atoms with Crippen LogP contribution >= 0.6 is 0 Å². The largest absolute Gasteiger partial charge is 0.488 e. The first-order valence-corrected chi connectivity index (χ1v) is 11.6. The Labute approximate surface area is 186 Å². The Morgan fingerprint density at radius 1 is 1.12 bits per heavy atom. The number of ether oxygens (including phenoxy) is 1. The fourth-order valence-electron chi connectivity index (χ4n) is 3.04. The SMILES string of the molecule is Cc1noc(C)c1COc1ccccc1C(=O)NNc1ccc(S(=O)(=O)NC2CC2)cc1. The third-order valence-electron chi connectivity index (χ3n) is 5.07. The minimum absolute atomic E-state index is 0.0389. The van der Waals surface area contributed by atoms with E-state index < -0.39 is 15.9 Å². The van der Waals surface area contributed by atoms with Crippen molar-refractivity contribution in [1.29, 1.82) is 0 Å². The van der Waals surface area contributed by atoms with E-state index in [0.717, 1.165) is 24.1 Å². The van der Waals surface area contributed by atoms with E-state index in [1.165, 1.54) is 12.1 Å². The van der Waals surface area contributed by atoms with Crippen molar-refractivity contribution in [3.8, 4) is 5.75 Å². The Balaban J connectivity index is 1.38. The van der Waals surface area contributed by atoms with Gasteiger partial charge in [-0.1, -0.05) is 17.3 Å². The molecule has 0 saturated heterocycles. The maximum absolute atomic E-state index is 12.7. The number of hydrogen-bond acceptors (Lipinski definition) is 7. The molecule has 9 nitrogen and oxygen atoms in total. The van der Waals surface area contributed by atoms with Gasteiger partial charge in [0.25, 0.3) is 5.91 Å². The van der Waals surface area contributed by atoms with E-state index in [0.29, 0.717) is 22.8 Å². The highest BCUT2D eigenvalue weighted by Gasteiger charge is 2.27. The van der Waals surface area contributed by atoms with E-state index in [2.05, 4.69) is 20.7 Å². The van der Waals surface area contributed by atoms with Crippen molar-refractivity contribution in [2.45, 2.75) is 44.2 Å². The molecular weight excluding hydrogens is 432 g/mol. The predicted octanol–water partition coefficient (Wildman–Crippen LogP) is 3.07. The molecule has 0 radical (unpaired) electrons. The van der Waals surface area contributed by atoms with Gasteiger partial charge in [-0.15, -0.1) is 0 Å². The van der Waals surface area contributed by atoms with Crippen molar-refractivity contribution in [2.75, 3.05) is 5.43 Å². The average molecular weight is 457 g/mol. The van der Waals surface area contributed by atoms with Gasteiger partial charge in [0.15, 0.2) is 0 Å². The van der Waals surface area contributed by atoms with Crippen molar-refractivity contribution in [3.05, 3.63) is 71.1 Å². The van der Waals surface area contributed by atoms with Crippen molar-refractivity contribution in [2.24, 2.45) is 0 Å². The van der Waals surface area contributed by atoms with Gasteiger partial charge in [0.2, 0.25) is 10.0 Å². The van der Waals surface area contributed by atoms with Crippen LogP contribution in [0.4, 0.5) is 5.69 Å². The van der Waals surface area contributed by atoms with Crippen molar-refractivity contribution < 1.29 is 22.5 Å². The number of hydrazine groups is 1. The summed E-state index contributed by atoms with van der Waals surface area (Å²) in [6.45, 7) is 3.86. The molecule has 3 aromatic rings. The smallest absolute Gasteiger partial charge is 0.273 e. The Morgan fingerprint density at radius 2 is 1.84 bits per heavy atom. The van der Waals surface area contributed by atoms with E-state index in [4.69, 9.17) is 9.26 Å². The Kier molecular flexibility index (Phi) is 6.15. The molecule has 1 fully saturated rings.